The van der Waals surface area contributed by atoms with Gasteiger partial charge in [0.15, 0.2) is 11.5 Å². The fourth-order valence-corrected chi connectivity index (χ4v) is 4.21. The van der Waals surface area contributed by atoms with Gasteiger partial charge in [-0.15, -0.1) is 0 Å². The maximum Gasteiger partial charge on any atom is 0.198 e. The Labute approximate surface area is 195 Å². The summed E-state index contributed by atoms with van der Waals surface area (Å²) < 4.78 is 13.2. The molecule has 10 heteroatoms. The molecule has 0 atom stereocenters. The Kier molecular flexibility index (Phi) is 5.19. The summed E-state index contributed by atoms with van der Waals surface area (Å²) >= 11 is 0. The van der Waals surface area contributed by atoms with Crippen molar-refractivity contribution in [3.05, 3.63) is 55.1 Å². The van der Waals surface area contributed by atoms with Crippen molar-refractivity contribution in [2.75, 3.05) is 43.1 Å². The van der Waals surface area contributed by atoms with Gasteiger partial charge in [0.05, 0.1) is 49.1 Å². The molecule has 2 N–H and O–H groups in total. The van der Waals surface area contributed by atoms with Crippen LogP contribution in [0.5, 0.6) is 5.75 Å². The van der Waals surface area contributed by atoms with Crippen LogP contribution < -0.4 is 15.0 Å². The van der Waals surface area contributed by atoms with Crippen molar-refractivity contribution in [1.29, 1.82) is 0 Å². The second kappa shape index (κ2) is 8.64. The van der Waals surface area contributed by atoms with Crippen LogP contribution in [0.4, 0.5) is 17.2 Å². The molecule has 1 aliphatic heterocycles. The molecule has 0 saturated carbocycles. The number of ether oxygens (including phenoxy) is 2. The fourth-order valence-electron chi connectivity index (χ4n) is 4.21. The van der Waals surface area contributed by atoms with E-state index in [0.717, 1.165) is 65.6 Å². The molecule has 3 aromatic heterocycles. The maximum absolute atomic E-state index is 5.98. The predicted octanol–water partition coefficient (Wildman–Crippen LogP) is 3.65. The molecule has 1 saturated heterocycles. The highest BCUT2D eigenvalue weighted by Crippen LogP contribution is 2.34. The number of hydrogen-bond donors (Lipinski definition) is 2. The number of hydrogen-bond acceptors (Lipinski definition) is 8. The van der Waals surface area contributed by atoms with E-state index in [2.05, 4.69) is 36.6 Å². The molecule has 0 radical (unpaired) electrons. The first-order valence-corrected chi connectivity index (χ1v) is 11.3. The Hall–Kier alpha value is -4.18. The molecule has 0 amide bonds. The van der Waals surface area contributed by atoms with Crippen LogP contribution in [-0.4, -0.2) is 62.7 Å². The zero-order valence-corrected chi connectivity index (χ0v) is 18.7. The SMILES string of the molecule is CCOc1cc(Nc2nc(-c3ccc4cn[nH]c4c3)cn3ncnc23)ccc1N1CCOCC1. The van der Waals surface area contributed by atoms with Gasteiger partial charge in [0, 0.05) is 35.8 Å². The van der Waals surface area contributed by atoms with E-state index < -0.39 is 0 Å². The first kappa shape index (κ1) is 20.4. The molecule has 172 valence electrons. The second-order valence-corrected chi connectivity index (χ2v) is 8.01. The Morgan fingerprint density at radius 2 is 2.06 bits per heavy atom. The Morgan fingerprint density at radius 3 is 2.94 bits per heavy atom. The normalized spacial score (nSPS) is 14.1. The number of anilines is 3. The summed E-state index contributed by atoms with van der Waals surface area (Å²) in [6.45, 7) is 5.70. The van der Waals surface area contributed by atoms with Crippen LogP contribution in [0, 0.1) is 0 Å². The number of H-pyrrole nitrogens is 1. The highest BCUT2D eigenvalue weighted by Gasteiger charge is 2.17. The van der Waals surface area contributed by atoms with Crippen molar-refractivity contribution in [3.8, 4) is 17.0 Å². The molecule has 0 bridgehead atoms. The molecule has 2 aromatic carbocycles. The number of rotatable bonds is 6. The van der Waals surface area contributed by atoms with Crippen molar-refractivity contribution in [1.82, 2.24) is 29.8 Å². The molecule has 10 nitrogen and oxygen atoms in total. The van der Waals surface area contributed by atoms with Gasteiger partial charge in [0.2, 0.25) is 0 Å². The Bertz CT molecular complexity index is 1450. The number of benzene rings is 2. The molecule has 4 heterocycles. The predicted molar refractivity (Wildman–Crippen MR) is 130 cm³/mol. The maximum atomic E-state index is 5.98. The van der Waals surface area contributed by atoms with E-state index in [0.29, 0.717) is 18.1 Å². The van der Waals surface area contributed by atoms with Gasteiger partial charge in [-0.1, -0.05) is 12.1 Å². The van der Waals surface area contributed by atoms with E-state index >= 15 is 0 Å². The summed E-state index contributed by atoms with van der Waals surface area (Å²) in [4.78, 5) is 11.6. The summed E-state index contributed by atoms with van der Waals surface area (Å²) in [6.07, 6.45) is 5.20. The van der Waals surface area contributed by atoms with Crippen molar-refractivity contribution in [2.24, 2.45) is 0 Å². The minimum atomic E-state index is 0.582. The van der Waals surface area contributed by atoms with Crippen molar-refractivity contribution in [2.45, 2.75) is 6.92 Å². The van der Waals surface area contributed by atoms with E-state index in [-0.39, 0.29) is 0 Å². The number of morpholine rings is 1. The van der Waals surface area contributed by atoms with Gasteiger partial charge in [-0.05, 0) is 25.1 Å². The first-order chi connectivity index (χ1) is 16.8. The van der Waals surface area contributed by atoms with Crippen LogP contribution in [0.2, 0.25) is 0 Å². The lowest BCUT2D eigenvalue weighted by atomic mass is 10.1. The number of nitrogens with zero attached hydrogens (tertiary/aromatic N) is 6. The van der Waals surface area contributed by atoms with Gasteiger partial charge >= 0.3 is 0 Å². The van der Waals surface area contributed by atoms with E-state index in [9.17, 15) is 0 Å². The molecule has 0 aliphatic carbocycles. The van der Waals surface area contributed by atoms with Crippen molar-refractivity contribution >= 4 is 33.7 Å². The van der Waals surface area contributed by atoms with E-state index in [4.69, 9.17) is 14.5 Å². The second-order valence-electron chi connectivity index (χ2n) is 8.01. The molecule has 34 heavy (non-hydrogen) atoms. The highest BCUT2D eigenvalue weighted by molar-refractivity contribution is 5.84. The average Bonchev–Trinajstić information content (AvgIpc) is 3.54. The van der Waals surface area contributed by atoms with E-state index in [1.54, 1.807) is 10.7 Å². The largest absolute Gasteiger partial charge is 0.492 e. The minimum absolute atomic E-state index is 0.582. The van der Waals surface area contributed by atoms with Crippen LogP contribution in [0.1, 0.15) is 6.92 Å². The molecule has 1 aliphatic rings. The van der Waals surface area contributed by atoms with Gasteiger partial charge < -0.3 is 19.7 Å². The quantitative estimate of drug-likeness (QED) is 0.399. The molecule has 0 spiro atoms. The molecular formula is C24H24N8O2. The van der Waals surface area contributed by atoms with Crippen LogP contribution in [0.15, 0.2) is 55.1 Å². The standard InChI is InChI=1S/C24H24N8O2/c1-2-34-22-12-18(5-6-21(22)31-7-9-33-10-8-31)28-23-24-25-15-27-32(24)14-20(29-23)16-3-4-17-13-26-30-19(17)11-16/h3-6,11-15H,2,7-10H2,1H3,(H,26,30)(H,28,29). The molecule has 6 rings (SSSR count). The van der Waals surface area contributed by atoms with Crippen LogP contribution in [0.25, 0.3) is 27.8 Å². The summed E-state index contributed by atoms with van der Waals surface area (Å²) in [5.74, 6) is 1.44. The fraction of sp³-hybridized carbons (Fsp3) is 0.250. The van der Waals surface area contributed by atoms with Crippen LogP contribution >= 0.6 is 0 Å². The van der Waals surface area contributed by atoms with Crippen LogP contribution in [-0.2, 0) is 4.74 Å². The highest BCUT2D eigenvalue weighted by atomic mass is 16.5. The average molecular weight is 457 g/mol. The zero-order valence-electron chi connectivity index (χ0n) is 18.7. The third-order valence-corrected chi connectivity index (χ3v) is 5.87. The third-order valence-electron chi connectivity index (χ3n) is 5.87. The minimum Gasteiger partial charge on any atom is -0.492 e. The molecule has 1 fully saturated rings. The summed E-state index contributed by atoms with van der Waals surface area (Å²) in [5, 5.41) is 15.9. The van der Waals surface area contributed by atoms with E-state index in [1.807, 2.05) is 43.5 Å². The van der Waals surface area contributed by atoms with Gasteiger partial charge in [0.1, 0.15) is 12.1 Å². The lowest BCUT2D eigenvalue weighted by molar-refractivity contribution is 0.122. The summed E-state index contributed by atoms with van der Waals surface area (Å²) in [6, 6.07) is 12.2. The lowest BCUT2D eigenvalue weighted by Gasteiger charge is -2.30. The van der Waals surface area contributed by atoms with Gasteiger partial charge in [0.25, 0.3) is 0 Å². The summed E-state index contributed by atoms with van der Waals surface area (Å²) in [5.41, 5.74) is 5.24. The smallest absolute Gasteiger partial charge is 0.198 e. The topological polar surface area (TPSA) is 105 Å². The van der Waals surface area contributed by atoms with Gasteiger partial charge in [-0.25, -0.2) is 14.5 Å². The lowest BCUT2D eigenvalue weighted by Crippen LogP contribution is -2.36. The number of aromatic amines is 1. The molecule has 0 unspecified atom stereocenters. The number of aromatic nitrogens is 6. The van der Waals surface area contributed by atoms with Gasteiger partial charge in [-0.3, -0.25) is 5.10 Å². The number of nitrogens with one attached hydrogen (secondary N) is 2. The van der Waals surface area contributed by atoms with Crippen molar-refractivity contribution < 1.29 is 9.47 Å². The molecule has 5 aromatic rings. The van der Waals surface area contributed by atoms with Crippen molar-refractivity contribution in [3.63, 3.8) is 0 Å². The first-order valence-electron chi connectivity index (χ1n) is 11.3. The van der Waals surface area contributed by atoms with Crippen LogP contribution in [0.3, 0.4) is 0 Å². The Morgan fingerprint density at radius 1 is 1.15 bits per heavy atom. The monoisotopic (exact) mass is 456 g/mol. The zero-order chi connectivity index (χ0) is 22.9. The van der Waals surface area contributed by atoms with Gasteiger partial charge in [-0.2, -0.15) is 10.2 Å². The Balaban J connectivity index is 1.37. The summed E-state index contributed by atoms with van der Waals surface area (Å²) in [7, 11) is 0. The molecular weight excluding hydrogens is 432 g/mol. The third kappa shape index (κ3) is 3.77. The van der Waals surface area contributed by atoms with E-state index in [1.165, 1.54) is 6.33 Å². The number of fused-ring (bicyclic) bond motifs is 2.